The fourth-order valence-electron chi connectivity index (χ4n) is 2.22. The number of nitrogens with zero attached hydrogens (tertiary/aromatic N) is 1. The van der Waals surface area contributed by atoms with Crippen molar-refractivity contribution in [3.05, 3.63) is 29.6 Å². The molecule has 1 heterocycles. The highest BCUT2D eigenvalue weighted by Gasteiger charge is 2.19. The van der Waals surface area contributed by atoms with Crippen molar-refractivity contribution in [1.82, 2.24) is 10.4 Å². The van der Waals surface area contributed by atoms with E-state index in [-0.39, 0.29) is 6.04 Å². The first-order valence-electron chi connectivity index (χ1n) is 6.13. The Balaban J connectivity index is 2.93. The summed E-state index contributed by atoms with van der Waals surface area (Å²) in [4.78, 5) is 4.17. The third-order valence-corrected chi connectivity index (χ3v) is 3.15. The molecule has 0 spiro atoms. The molecule has 0 aliphatic heterocycles. The number of nitrogens with two attached hydrogens (primary N) is 1. The predicted octanol–water partition coefficient (Wildman–Crippen LogP) is 2.58. The lowest BCUT2D eigenvalue weighted by molar-refractivity contribution is 0.366. The van der Waals surface area contributed by atoms with Gasteiger partial charge in [-0.15, -0.1) is 0 Å². The highest BCUT2D eigenvalue weighted by Crippen LogP contribution is 2.27. The quantitative estimate of drug-likeness (QED) is 0.573. The van der Waals surface area contributed by atoms with Crippen molar-refractivity contribution in [2.75, 3.05) is 0 Å². The van der Waals surface area contributed by atoms with Gasteiger partial charge in [-0.3, -0.25) is 16.3 Å². The van der Waals surface area contributed by atoms with E-state index in [1.165, 1.54) is 24.0 Å². The molecule has 90 valence electrons. The van der Waals surface area contributed by atoms with Crippen LogP contribution in [0, 0.1) is 5.92 Å². The zero-order chi connectivity index (χ0) is 12.0. The standard InChI is InChI=1S/C13H23N3/c1-4-6-10(3)13(16-14)12-7-8-15-9-11(12)5-2/h7-10,13,16H,4-6,14H2,1-3H3. The van der Waals surface area contributed by atoms with Gasteiger partial charge in [0.05, 0.1) is 0 Å². The molecule has 0 bridgehead atoms. The second kappa shape index (κ2) is 6.61. The largest absolute Gasteiger partial charge is 0.271 e. The van der Waals surface area contributed by atoms with Crippen LogP contribution < -0.4 is 11.3 Å². The van der Waals surface area contributed by atoms with E-state index < -0.39 is 0 Å². The first-order chi connectivity index (χ1) is 7.74. The monoisotopic (exact) mass is 221 g/mol. The first-order valence-corrected chi connectivity index (χ1v) is 6.13. The van der Waals surface area contributed by atoms with E-state index in [0.29, 0.717) is 5.92 Å². The van der Waals surface area contributed by atoms with Crippen LogP contribution in [0.25, 0.3) is 0 Å². The predicted molar refractivity (Wildman–Crippen MR) is 67.8 cm³/mol. The topological polar surface area (TPSA) is 50.9 Å². The van der Waals surface area contributed by atoms with Crippen LogP contribution in [-0.2, 0) is 6.42 Å². The van der Waals surface area contributed by atoms with Gasteiger partial charge in [0, 0.05) is 18.4 Å². The number of hydrazine groups is 1. The Kier molecular flexibility index (Phi) is 5.43. The van der Waals surface area contributed by atoms with E-state index in [2.05, 4.69) is 37.2 Å². The zero-order valence-corrected chi connectivity index (χ0v) is 10.5. The summed E-state index contributed by atoms with van der Waals surface area (Å²) in [6.45, 7) is 6.60. The zero-order valence-electron chi connectivity index (χ0n) is 10.5. The van der Waals surface area contributed by atoms with Gasteiger partial charge in [-0.25, -0.2) is 0 Å². The molecule has 0 aliphatic carbocycles. The number of pyridine rings is 1. The van der Waals surface area contributed by atoms with Gasteiger partial charge >= 0.3 is 0 Å². The summed E-state index contributed by atoms with van der Waals surface area (Å²) >= 11 is 0. The number of hydrogen-bond donors (Lipinski definition) is 2. The van der Waals surface area contributed by atoms with Gasteiger partial charge in [0.2, 0.25) is 0 Å². The summed E-state index contributed by atoms with van der Waals surface area (Å²) in [6.07, 6.45) is 7.16. The van der Waals surface area contributed by atoms with E-state index in [1.54, 1.807) is 0 Å². The molecule has 0 radical (unpaired) electrons. The molecule has 1 rings (SSSR count). The summed E-state index contributed by atoms with van der Waals surface area (Å²) in [6, 6.07) is 2.31. The second-order valence-electron chi connectivity index (χ2n) is 4.34. The number of nitrogens with one attached hydrogen (secondary N) is 1. The lowest BCUT2D eigenvalue weighted by Crippen LogP contribution is -2.33. The summed E-state index contributed by atoms with van der Waals surface area (Å²) < 4.78 is 0. The fourth-order valence-corrected chi connectivity index (χ4v) is 2.22. The Hall–Kier alpha value is -0.930. The number of aryl methyl sites for hydroxylation is 1. The minimum absolute atomic E-state index is 0.234. The fraction of sp³-hybridized carbons (Fsp3) is 0.615. The molecule has 0 aliphatic rings. The van der Waals surface area contributed by atoms with E-state index in [1.807, 2.05) is 12.4 Å². The number of rotatable bonds is 6. The van der Waals surface area contributed by atoms with Gasteiger partial charge in [0.15, 0.2) is 0 Å². The molecule has 2 unspecified atom stereocenters. The van der Waals surface area contributed by atoms with Crippen molar-refractivity contribution in [2.24, 2.45) is 11.8 Å². The third kappa shape index (κ3) is 3.03. The van der Waals surface area contributed by atoms with Gasteiger partial charge in [0.25, 0.3) is 0 Å². The van der Waals surface area contributed by atoms with Crippen LogP contribution in [0.2, 0.25) is 0 Å². The lowest BCUT2D eigenvalue weighted by Gasteiger charge is -2.25. The maximum Gasteiger partial charge on any atom is 0.0489 e. The van der Waals surface area contributed by atoms with E-state index in [9.17, 15) is 0 Å². The van der Waals surface area contributed by atoms with Crippen LogP contribution in [0.3, 0.4) is 0 Å². The Morgan fingerprint density at radius 1 is 1.44 bits per heavy atom. The summed E-state index contributed by atoms with van der Waals surface area (Å²) in [5.41, 5.74) is 5.53. The third-order valence-electron chi connectivity index (χ3n) is 3.15. The maximum absolute atomic E-state index is 5.69. The van der Waals surface area contributed by atoms with Crippen molar-refractivity contribution in [1.29, 1.82) is 0 Å². The Labute approximate surface area is 98.4 Å². The van der Waals surface area contributed by atoms with Crippen LogP contribution >= 0.6 is 0 Å². The molecule has 3 heteroatoms. The molecule has 0 fully saturated rings. The molecular formula is C13H23N3. The average Bonchev–Trinajstić information content (AvgIpc) is 2.31. The highest BCUT2D eigenvalue weighted by atomic mass is 15.2. The molecule has 0 saturated carbocycles. The lowest BCUT2D eigenvalue weighted by atomic mass is 9.89. The molecule has 3 nitrogen and oxygen atoms in total. The molecular weight excluding hydrogens is 198 g/mol. The molecule has 0 aromatic carbocycles. The van der Waals surface area contributed by atoms with Crippen molar-refractivity contribution < 1.29 is 0 Å². The van der Waals surface area contributed by atoms with Crippen LogP contribution in [0.15, 0.2) is 18.5 Å². The van der Waals surface area contributed by atoms with Gasteiger partial charge < -0.3 is 0 Å². The summed E-state index contributed by atoms with van der Waals surface area (Å²) in [7, 11) is 0. The van der Waals surface area contributed by atoms with Crippen molar-refractivity contribution in [2.45, 2.75) is 46.1 Å². The highest BCUT2D eigenvalue weighted by molar-refractivity contribution is 5.27. The molecule has 1 aromatic heterocycles. The Bertz CT molecular complexity index is 312. The SMILES string of the molecule is CCCC(C)C(NN)c1ccncc1CC. The molecule has 0 amide bonds. The van der Waals surface area contributed by atoms with Crippen molar-refractivity contribution >= 4 is 0 Å². The van der Waals surface area contributed by atoms with Crippen LogP contribution in [0.5, 0.6) is 0 Å². The van der Waals surface area contributed by atoms with Crippen molar-refractivity contribution in [3.63, 3.8) is 0 Å². The molecule has 16 heavy (non-hydrogen) atoms. The molecule has 0 saturated heterocycles. The maximum atomic E-state index is 5.69. The first kappa shape index (κ1) is 13.1. The average molecular weight is 221 g/mol. The van der Waals surface area contributed by atoms with Crippen LogP contribution in [0.4, 0.5) is 0 Å². The normalized spacial score (nSPS) is 14.8. The van der Waals surface area contributed by atoms with Crippen LogP contribution in [-0.4, -0.2) is 4.98 Å². The minimum Gasteiger partial charge on any atom is -0.271 e. The van der Waals surface area contributed by atoms with Gasteiger partial charge in [-0.2, -0.15) is 0 Å². The van der Waals surface area contributed by atoms with E-state index >= 15 is 0 Å². The summed E-state index contributed by atoms with van der Waals surface area (Å²) in [5.74, 6) is 6.23. The second-order valence-corrected chi connectivity index (χ2v) is 4.34. The molecule has 1 aromatic rings. The number of aromatic nitrogens is 1. The van der Waals surface area contributed by atoms with Gasteiger partial charge in [-0.05, 0) is 36.0 Å². The van der Waals surface area contributed by atoms with E-state index in [0.717, 1.165) is 6.42 Å². The van der Waals surface area contributed by atoms with Crippen molar-refractivity contribution in [3.8, 4) is 0 Å². The number of hydrogen-bond acceptors (Lipinski definition) is 3. The van der Waals surface area contributed by atoms with E-state index in [4.69, 9.17) is 5.84 Å². The minimum atomic E-state index is 0.234. The smallest absolute Gasteiger partial charge is 0.0489 e. The molecule has 2 atom stereocenters. The molecule has 3 N–H and O–H groups in total. The van der Waals surface area contributed by atoms with Gasteiger partial charge in [-0.1, -0.05) is 27.2 Å². The Morgan fingerprint density at radius 3 is 2.75 bits per heavy atom. The van der Waals surface area contributed by atoms with Crippen LogP contribution in [0.1, 0.15) is 50.8 Å². The Morgan fingerprint density at radius 2 is 2.19 bits per heavy atom. The summed E-state index contributed by atoms with van der Waals surface area (Å²) in [5, 5.41) is 0. The van der Waals surface area contributed by atoms with Gasteiger partial charge in [0.1, 0.15) is 0 Å².